The lowest BCUT2D eigenvalue weighted by molar-refractivity contribution is -0.140. The van der Waals surface area contributed by atoms with Crippen molar-refractivity contribution >= 4 is 17.7 Å². The van der Waals surface area contributed by atoms with E-state index >= 15 is 0 Å². The van der Waals surface area contributed by atoms with Crippen LogP contribution in [0.1, 0.15) is 37.7 Å². The van der Waals surface area contributed by atoms with Crippen molar-refractivity contribution in [2.24, 2.45) is 11.8 Å². The molecule has 1 aromatic rings. The highest BCUT2D eigenvalue weighted by Crippen LogP contribution is 2.37. The molecule has 0 radical (unpaired) electrons. The summed E-state index contributed by atoms with van der Waals surface area (Å²) in [5, 5.41) is 3.51. The normalized spacial score (nSPS) is 27.6. The first-order valence-corrected chi connectivity index (χ1v) is 10.6. The zero-order chi connectivity index (χ0) is 19.5. The standard InChI is InChI=1S/C22H31N3O3/c1-28-21(26)9-4-16-2-6-19(7-3-16)24-12-13-25(22(24)27)20-8-5-18-15-23-11-10-17(18)14-20/h2-3,6-7,17-18,20,23H,4-5,8-15H2,1H3. The molecule has 3 atom stereocenters. The molecular weight excluding hydrogens is 354 g/mol. The molecule has 3 aliphatic rings. The highest BCUT2D eigenvalue weighted by Gasteiger charge is 2.40. The van der Waals surface area contributed by atoms with Crippen LogP contribution in [0.4, 0.5) is 10.5 Å². The number of piperidine rings is 1. The minimum absolute atomic E-state index is 0.152. The minimum atomic E-state index is -0.196. The van der Waals surface area contributed by atoms with E-state index in [9.17, 15) is 9.59 Å². The molecule has 2 aliphatic heterocycles. The summed E-state index contributed by atoms with van der Waals surface area (Å²) in [6, 6.07) is 8.56. The zero-order valence-corrected chi connectivity index (χ0v) is 16.7. The summed E-state index contributed by atoms with van der Waals surface area (Å²) in [5.74, 6) is 1.38. The van der Waals surface area contributed by atoms with Crippen LogP contribution in [0.25, 0.3) is 0 Å². The smallest absolute Gasteiger partial charge is 0.324 e. The van der Waals surface area contributed by atoms with E-state index in [-0.39, 0.29) is 12.0 Å². The van der Waals surface area contributed by atoms with Gasteiger partial charge in [0.05, 0.1) is 7.11 Å². The van der Waals surface area contributed by atoms with E-state index < -0.39 is 0 Å². The fourth-order valence-electron chi connectivity index (χ4n) is 5.11. The summed E-state index contributed by atoms with van der Waals surface area (Å²) in [6.45, 7) is 3.85. The molecule has 1 N–H and O–H groups in total. The summed E-state index contributed by atoms with van der Waals surface area (Å²) in [5.41, 5.74) is 2.03. The van der Waals surface area contributed by atoms with Crippen LogP contribution >= 0.6 is 0 Å². The lowest BCUT2D eigenvalue weighted by Gasteiger charge is -2.42. The predicted octanol–water partition coefficient (Wildman–Crippen LogP) is 2.81. The number of hydrogen-bond donors (Lipinski definition) is 1. The van der Waals surface area contributed by atoms with Crippen LogP contribution in [0.2, 0.25) is 0 Å². The van der Waals surface area contributed by atoms with Crippen molar-refractivity contribution in [3.05, 3.63) is 29.8 Å². The quantitative estimate of drug-likeness (QED) is 0.792. The molecule has 152 valence electrons. The van der Waals surface area contributed by atoms with Crippen LogP contribution < -0.4 is 10.2 Å². The van der Waals surface area contributed by atoms with Gasteiger partial charge in [-0.3, -0.25) is 9.69 Å². The number of esters is 1. The Kier molecular flexibility index (Phi) is 5.85. The molecule has 2 saturated heterocycles. The van der Waals surface area contributed by atoms with E-state index in [1.54, 1.807) is 0 Å². The maximum absolute atomic E-state index is 13.1. The number of hydrogen-bond acceptors (Lipinski definition) is 4. The number of rotatable bonds is 5. The van der Waals surface area contributed by atoms with Gasteiger partial charge >= 0.3 is 12.0 Å². The third-order valence-electron chi connectivity index (χ3n) is 6.79. The van der Waals surface area contributed by atoms with E-state index in [2.05, 4.69) is 10.2 Å². The summed E-state index contributed by atoms with van der Waals surface area (Å²) >= 11 is 0. The van der Waals surface area contributed by atoms with Crippen LogP contribution in [0, 0.1) is 11.8 Å². The fraction of sp³-hybridized carbons (Fsp3) is 0.636. The molecular formula is C22H31N3O3. The lowest BCUT2D eigenvalue weighted by atomic mass is 9.73. The molecule has 28 heavy (non-hydrogen) atoms. The average Bonchev–Trinajstić information content (AvgIpc) is 3.13. The van der Waals surface area contributed by atoms with Gasteiger partial charge in [0.25, 0.3) is 0 Å². The van der Waals surface area contributed by atoms with Crippen molar-refractivity contribution in [2.75, 3.05) is 38.2 Å². The molecule has 6 heteroatoms. The number of amides is 2. The molecule has 0 aromatic heterocycles. The molecule has 4 rings (SSSR count). The van der Waals surface area contributed by atoms with Crippen LogP contribution in [-0.2, 0) is 16.0 Å². The maximum atomic E-state index is 13.1. The largest absolute Gasteiger partial charge is 0.469 e. The number of ether oxygens (including phenoxy) is 1. The number of fused-ring (bicyclic) bond motifs is 1. The van der Waals surface area contributed by atoms with E-state index in [1.165, 1.54) is 26.4 Å². The van der Waals surface area contributed by atoms with Crippen LogP contribution in [0.15, 0.2) is 24.3 Å². The molecule has 0 bridgehead atoms. The number of urea groups is 1. The van der Waals surface area contributed by atoms with E-state index in [1.807, 2.05) is 29.2 Å². The predicted molar refractivity (Wildman–Crippen MR) is 108 cm³/mol. The molecule has 0 spiro atoms. The van der Waals surface area contributed by atoms with Gasteiger partial charge in [-0.1, -0.05) is 12.1 Å². The second-order valence-corrected chi connectivity index (χ2v) is 8.35. The topological polar surface area (TPSA) is 61.9 Å². The van der Waals surface area contributed by atoms with Crippen molar-refractivity contribution in [2.45, 2.75) is 44.6 Å². The fourth-order valence-corrected chi connectivity index (χ4v) is 5.11. The van der Waals surface area contributed by atoms with Gasteiger partial charge in [-0.25, -0.2) is 4.79 Å². The van der Waals surface area contributed by atoms with E-state index in [4.69, 9.17) is 4.74 Å². The van der Waals surface area contributed by atoms with Gasteiger partial charge < -0.3 is 15.0 Å². The summed E-state index contributed by atoms with van der Waals surface area (Å²) in [6.07, 6.45) is 5.83. The summed E-state index contributed by atoms with van der Waals surface area (Å²) in [4.78, 5) is 28.4. The number of carbonyl (C=O) groups excluding carboxylic acids is 2. The van der Waals surface area contributed by atoms with Crippen LogP contribution in [0.3, 0.4) is 0 Å². The molecule has 3 unspecified atom stereocenters. The molecule has 2 heterocycles. The minimum Gasteiger partial charge on any atom is -0.469 e. The van der Waals surface area contributed by atoms with Gasteiger partial charge in [0.1, 0.15) is 0 Å². The van der Waals surface area contributed by atoms with Gasteiger partial charge in [0.2, 0.25) is 0 Å². The number of benzene rings is 1. The second-order valence-electron chi connectivity index (χ2n) is 8.35. The van der Waals surface area contributed by atoms with Crippen LogP contribution in [0.5, 0.6) is 0 Å². The van der Waals surface area contributed by atoms with Gasteiger partial charge in [0.15, 0.2) is 0 Å². The molecule has 1 saturated carbocycles. The number of methoxy groups -OCH3 is 1. The van der Waals surface area contributed by atoms with E-state index in [0.29, 0.717) is 18.9 Å². The highest BCUT2D eigenvalue weighted by molar-refractivity contribution is 5.94. The Morgan fingerprint density at radius 2 is 1.96 bits per heavy atom. The Bertz CT molecular complexity index is 705. The summed E-state index contributed by atoms with van der Waals surface area (Å²) < 4.78 is 4.69. The Hall–Kier alpha value is -2.08. The summed E-state index contributed by atoms with van der Waals surface area (Å²) in [7, 11) is 1.41. The van der Waals surface area contributed by atoms with Gasteiger partial charge in [-0.15, -0.1) is 0 Å². The molecule has 1 aromatic carbocycles. The number of carbonyl (C=O) groups is 2. The molecule has 3 fully saturated rings. The zero-order valence-electron chi connectivity index (χ0n) is 16.7. The van der Waals surface area contributed by atoms with Crippen molar-refractivity contribution in [3.63, 3.8) is 0 Å². The molecule has 1 aliphatic carbocycles. The Morgan fingerprint density at radius 3 is 2.75 bits per heavy atom. The third-order valence-corrected chi connectivity index (χ3v) is 6.79. The maximum Gasteiger partial charge on any atom is 0.324 e. The number of anilines is 1. The first-order chi connectivity index (χ1) is 13.7. The third kappa shape index (κ3) is 4.02. The highest BCUT2D eigenvalue weighted by atomic mass is 16.5. The number of nitrogens with one attached hydrogen (secondary N) is 1. The van der Waals surface area contributed by atoms with Crippen molar-refractivity contribution in [1.82, 2.24) is 10.2 Å². The lowest BCUT2D eigenvalue weighted by Crippen LogP contribution is -2.47. The van der Waals surface area contributed by atoms with Crippen molar-refractivity contribution < 1.29 is 14.3 Å². The average molecular weight is 386 g/mol. The Balaban J connectivity index is 1.35. The molecule has 6 nitrogen and oxygen atoms in total. The number of aryl methyl sites for hydroxylation is 1. The Labute approximate surface area is 167 Å². The monoisotopic (exact) mass is 385 g/mol. The number of nitrogens with zero attached hydrogens (tertiary/aromatic N) is 2. The van der Waals surface area contributed by atoms with E-state index in [0.717, 1.165) is 55.7 Å². The second kappa shape index (κ2) is 8.52. The first kappa shape index (κ1) is 19.2. The Morgan fingerprint density at radius 1 is 1.14 bits per heavy atom. The van der Waals surface area contributed by atoms with Gasteiger partial charge in [0, 0.05) is 31.2 Å². The van der Waals surface area contributed by atoms with Crippen molar-refractivity contribution in [1.29, 1.82) is 0 Å². The van der Waals surface area contributed by atoms with Crippen molar-refractivity contribution in [3.8, 4) is 0 Å². The van der Waals surface area contributed by atoms with Crippen LogP contribution in [-0.4, -0.2) is 56.2 Å². The van der Waals surface area contributed by atoms with Gasteiger partial charge in [-0.05, 0) is 74.7 Å². The first-order valence-electron chi connectivity index (χ1n) is 10.6. The molecule has 2 amide bonds. The SMILES string of the molecule is COC(=O)CCc1ccc(N2CCN(C3CCC4CNCCC4C3)C2=O)cc1. The van der Waals surface area contributed by atoms with Gasteiger partial charge in [-0.2, -0.15) is 0 Å².